The number of carbonyl (C=O) groups excluding carboxylic acids is 2. The Hall–Kier alpha value is -3.43. The number of amides is 2. The van der Waals surface area contributed by atoms with Crippen molar-refractivity contribution in [3.05, 3.63) is 65.5 Å². The molecule has 32 heavy (non-hydrogen) atoms. The number of carbonyl (C=O) groups is 3. The van der Waals surface area contributed by atoms with Gasteiger partial charge in [-0.25, -0.2) is 4.79 Å². The van der Waals surface area contributed by atoms with E-state index in [9.17, 15) is 22.8 Å². The van der Waals surface area contributed by atoms with Gasteiger partial charge in [0.25, 0.3) is 5.91 Å². The van der Waals surface area contributed by atoms with Crippen LogP contribution in [0.5, 0.6) is 0 Å². The first kappa shape index (κ1) is 23.2. The number of benzene rings is 1. The zero-order valence-corrected chi connectivity index (χ0v) is 17.1. The molecule has 1 fully saturated rings. The molecule has 3 heterocycles. The summed E-state index contributed by atoms with van der Waals surface area (Å²) in [5.41, 5.74) is 2.49. The predicted molar refractivity (Wildman–Crippen MR) is 107 cm³/mol. The molecule has 2 aliphatic rings. The van der Waals surface area contributed by atoms with Gasteiger partial charge in [0.2, 0.25) is 5.91 Å². The molecular formula is C22H22F3N3O4. The molecule has 2 amide bonds. The van der Waals surface area contributed by atoms with Gasteiger partial charge in [-0.15, -0.1) is 0 Å². The fourth-order valence-corrected chi connectivity index (χ4v) is 3.90. The molecule has 1 saturated heterocycles. The zero-order valence-electron chi connectivity index (χ0n) is 17.1. The first-order valence-electron chi connectivity index (χ1n) is 9.98. The highest BCUT2D eigenvalue weighted by molar-refractivity contribution is 5.92. The van der Waals surface area contributed by atoms with Crippen LogP contribution in [-0.2, 0) is 22.6 Å². The van der Waals surface area contributed by atoms with Crippen molar-refractivity contribution in [2.24, 2.45) is 5.41 Å². The number of nitrogens with one attached hydrogen (secondary N) is 1. The van der Waals surface area contributed by atoms with Crippen LogP contribution in [0.25, 0.3) is 0 Å². The number of piperidine rings is 1. The Morgan fingerprint density at radius 1 is 1.03 bits per heavy atom. The maximum atomic E-state index is 12.8. The normalized spacial score (nSPS) is 17.3. The monoisotopic (exact) mass is 449 g/mol. The summed E-state index contributed by atoms with van der Waals surface area (Å²) in [6.45, 7) is 1.77. The summed E-state index contributed by atoms with van der Waals surface area (Å²) in [6, 6.07) is 13.6. The van der Waals surface area contributed by atoms with Gasteiger partial charge >= 0.3 is 12.1 Å². The second-order valence-electron chi connectivity index (χ2n) is 7.72. The Morgan fingerprint density at radius 3 is 2.19 bits per heavy atom. The molecule has 0 atom stereocenters. The predicted octanol–water partition coefficient (Wildman–Crippen LogP) is 2.81. The molecule has 7 nitrogen and oxygen atoms in total. The van der Waals surface area contributed by atoms with E-state index < -0.39 is 17.6 Å². The highest BCUT2D eigenvalue weighted by atomic mass is 19.4. The number of hydrogen-bond donors (Lipinski definition) is 2. The van der Waals surface area contributed by atoms with Gasteiger partial charge in [-0.3, -0.25) is 14.6 Å². The lowest BCUT2D eigenvalue weighted by molar-refractivity contribution is -0.192. The topological polar surface area (TPSA) is 99.6 Å². The molecule has 0 radical (unpaired) electrons. The highest BCUT2D eigenvalue weighted by Crippen LogP contribution is 2.38. The number of fused-ring (bicyclic) bond motifs is 1. The van der Waals surface area contributed by atoms with Crippen LogP contribution in [0.1, 0.15) is 34.5 Å². The second-order valence-corrected chi connectivity index (χ2v) is 7.72. The van der Waals surface area contributed by atoms with Crippen molar-refractivity contribution >= 4 is 17.8 Å². The molecule has 1 aromatic carbocycles. The van der Waals surface area contributed by atoms with Gasteiger partial charge in [0.1, 0.15) is 5.69 Å². The summed E-state index contributed by atoms with van der Waals surface area (Å²) in [4.78, 5) is 40.2. The molecule has 1 aromatic heterocycles. The number of alkyl halides is 3. The zero-order chi connectivity index (χ0) is 23.4. The maximum absolute atomic E-state index is 12.8. The molecule has 2 aliphatic heterocycles. The average molecular weight is 449 g/mol. The van der Waals surface area contributed by atoms with Crippen LogP contribution in [0.15, 0.2) is 48.7 Å². The number of nitrogens with zero attached hydrogens (tertiary/aromatic N) is 2. The minimum Gasteiger partial charge on any atom is -0.475 e. The van der Waals surface area contributed by atoms with Gasteiger partial charge in [-0.05, 0) is 42.5 Å². The Morgan fingerprint density at radius 2 is 1.62 bits per heavy atom. The van der Waals surface area contributed by atoms with Crippen LogP contribution in [0.3, 0.4) is 0 Å². The number of pyridine rings is 1. The van der Waals surface area contributed by atoms with E-state index in [-0.39, 0.29) is 11.8 Å². The van der Waals surface area contributed by atoms with Crippen LogP contribution >= 0.6 is 0 Å². The van der Waals surface area contributed by atoms with Gasteiger partial charge < -0.3 is 15.3 Å². The van der Waals surface area contributed by atoms with Crippen LogP contribution in [0.4, 0.5) is 13.2 Å². The van der Waals surface area contributed by atoms with E-state index in [4.69, 9.17) is 9.90 Å². The van der Waals surface area contributed by atoms with Crippen molar-refractivity contribution in [2.45, 2.75) is 32.0 Å². The molecule has 2 N–H and O–H groups in total. The van der Waals surface area contributed by atoms with Crippen LogP contribution in [-0.4, -0.2) is 52.0 Å². The van der Waals surface area contributed by atoms with E-state index in [1.165, 1.54) is 11.1 Å². The number of aromatic nitrogens is 1. The van der Waals surface area contributed by atoms with E-state index in [0.717, 1.165) is 6.42 Å². The van der Waals surface area contributed by atoms with E-state index >= 15 is 0 Å². The quantitative estimate of drug-likeness (QED) is 0.698. The van der Waals surface area contributed by atoms with E-state index in [1.807, 2.05) is 23.1 Å². The van der Waals surface area contributed by atoms with Crippen molar-refractivity contribution in [3.63, 3.8) is 0 Å². The standard InChI is InChI=1S/C20H21N3O2.C2HF3O2/c24-18(17-7-3-4-10-21-17)23-11-8-20(9-12-23)13-15-5-1-2-6-16(15)14-22-19(20)25;3-2(4,5)1(6)7/h1-7,10H,8-9,11-14H2,(H,22,25);(H,6,7). The van der Waals surface area contributed by atoms with E-state index in [2.05, 4.69) is 22.4 Å². The number of halogens is 3. The first-order chi connectivity index (χ1) is 15.1. The largest absolute Gasteiger partial charge is 0.490 e. The lowest BCUT2D eigenvalue weighted by Crippen LogP contribution is -2.50. The summed E-state index contributed by atoms with van der Waals surface area (Å²) in [5, 5.41) is 10.2. The number of carboxylic acids is 1. The van der Waals surface area contributed by atoms with E-state index in [0.29, 0.717) is 38.2 Å². The number of hydrogen-bond acceptors (Lipinski definition) is 4. The summed E-state index contributed by atoms with van der Waals surface area (Å²) in [7, 11) is 0. The lowest BCUT2D eigenvalue weighted by Gasteiger charge is -2.40. The van der Waals surface area contributed by atoms with Gasteiger partial charge in [-0.1, -0.05) is 30.3 Å². The van der Waals surface area contributed by atoms with E-state index in [1.54, 1.807) is 18.3 Å². The Kier molecular flexibility index (Phi) is 6.81. The molecule has 0 aliphatic carbocycles. The molecule has 1 spiro atoms. The van der Waals surface area contributed by atoms with Crippen molar-refractivity contribution in [1.82, 2.24) is 15.2 Å². The van der Waals surface area contributed by atoms with Crippen molar-refractivity contribution in [2.75, 3.05) is 13.1 Å². The average Bonchev–Trinajstić information content (AvgIpc) is 2.91. The molecule has 0 saturated carbocycles. The Bertz CT molecular complexity index is 987. The number of rotatable bonds is 1. The highest BCUT2D eigenvalue weighted by Gasteiger charge is 2.43. The first-order valence-corrected chi connectivity index (χ1v) is 9.98. The van der Waals surface area contributed by atoms with Crippen LogP contribution in [0, 0.1) is 5.41 Å². The van der Waals surface area contributed by atoms with Gasteiger partial charge in [0, 0.05) is 25.8 Å². The van der Waals surface area contributed by atoms with Crippen molar-refractivity contribution < 1.29 is 32.7 Å². The summed E-state index contributed by atoms with van der Waals surface area (Å²) >= 11 is 0. The van der Waals surface area contributed by atoms with Crippen molar-refractivity contribution in [3.8, 4) is 0 Å². The molecular weight excluding hydrogens is 427 g/mol. The summed E-state index contributed by atoms with van der Waals surface area (Å²) < 4.78 is 31.7. The molecule has 0 unspecified atom stereocenters. The smallest absolute Gasteiger partial charge is 0.475 e. The third-order valence-corrected chi connectivity index (χ3v) is 5.70. The van der Waals surface area contributed by atoms with Gasteiger partial charge in [0.05, 0.1) is 5.41 Å². The fourth-order valence-electron chi connectivity index (χ4n) is 3.90. The van der Waals surface area contributed by atoms with Gasteiger partial charge in [0.15, 0.2) is 0 Å². The van der Waals surface area contributed by atoms with Crippen molar-refractivity contribution in [1.29, 1.82) is 0 Å². The lowest BCUT2D eigenvalue weighted by atomic mass is 9.73. The third kappa shape index (κ3) is 5.24. The third-order valence-electron chi connectivity index (χ3n) is 5.70. The number of likely N-dealkylation sites (tertiary alicyclic amines) is 1. The van der Waals surface area contributed by atoms with Crippen LogP contribution in [0.2, 0.25) is 0 Å². The summed E-state index contributed by atoms with van der Waals surface area (Å²) in [6.07, 6.45) is -1.33. The molecule has 2 aromatic rings. The minimum absolute atomic E-state index is 0.0510. The molecule has 170 valence electrons. The fraction of sp³-hybridized carbons (Fsp3) is 0.364. The summed E-state index contributed by atoms with van der Waals surface area (Å²) in [5.74, 6) is -2.69. The molecule has 0 bridgehead atoms. The minimum atomic E-state index is -5.08. The Labute approximate surface area is 182 Å². The van der Waals surface area contributed by atoms with Gasteiger partial charge in [-0.2, -0.15) is 13.2 Å². The maximum Gasteiger partial charge on any atom is 0.490 e. The SMILES string of the molecule is O=C(O)C(F)(F)F.O=C(c1ccccn1)N1CCC2(CC1)Cc1ccccc1CNC2=O. The van der Waals surface area contributed by atoms with Crippen LogP contribution < -0.4 is 5.32 Å². The number of carboxylic acid groups (broad SMARTS) is 1. The second kappa shape index (κ2) is 9.37. The Balaban J connectivity index is 0.000000360. The molecule has 4 rings (SSSR count). The number of aliphatic carboxylic acids is 1. The molecule has 10 heteroatoms.